The van der Waals surface area contributed by atoms with E-state index in [4.69, 9.17) is 5.73 Å². The molecule has 7 nitrogen and oxygen atoms in total. The first kappa shape index (κ1) is 19.8. The Morgan fingerprint density at radius 2 is 1.96 bits per heavy atom. The molecular formula is C18H25FN4O3S. The van der Waals surface area contributed by atoms with Gasteiger partial charge in [-0.05, 0) is 51.8 Å². The lowest BCUT2D eigenvalue weighted by atomic mass is 9.91. The minimum absolute atomic E-state index is 0.0118. The van der Waals surface area contributed by atoms with Crippen LogP contribution in [-0.4, -0.2) is 42.8 Å². The summed E-state index contributed by atoms with van der Waals surface area (Å²) in [6.45, 7) is 4.52. The first-order valence-corrected chi connectivity index (χ1v) is 10.2. The molecule has 2 aliphatic rings. The summed E-state index contributed by atoms with van der Waals surface area (Å²) in [7, 11) is -2.33. The fraction of sp³-hybridized carbons (Fsp3) is 0.556. The van der Waals surface area contributed by atoms with Gasteiger partial charge in [-0.2, -0.15) is 0 Å². The van der Waals surface area contributed by atoms with Crippen LogP contribution in [0.3, 0.4) is 0 Å². The molecule has 1 atom stereocenters. The maximum absolute atomic E-state index is 14.7. The molecule has 0 radical (unpaired) electrons. The number of halogens is 1. The van der Waals surface area contributed by atoms with Gasteiger partial charge in [0.1, 0.15) is 21.9 Å². The Bertz CT molecular complexity index is 925. The van der Waals surface area contributed by atoms with E-state index < -0.39 is 26.1 Å². The summed E-state index contributed by atoms with van der Waals surface area (Å²) in [5.74, 6) is -0.703. The van der Waals surface area contributed by atoms with E-state index in [9.17, 15) is 17.6 Å². The normalized spacial score (nSPS) is 27.5. The second-order valence-electron chi connectivity index (χ2n) is 8.00. The number of hydrogen-bond donors (Lipinski definition) is 2. The van der Waals surface area contributed by atoms with Gasteiger partial charge in [0.05, 0.1) is 0 Å². The van der Waals surface area contributed by atoms with E-state index in [2.05, 4.69) is 10.3 Å². The van der Waals surface area contributed by atoms with Gasteiger partial charge in [-0.15, -0.1) is 0 Å². The number of carbonyl (C=O) groups is 1. The van der Waals surface area contributed by atoms with Gasteiger partial charge in [-0.1, -0.05) is 0 Å². The van der Waals surface area contributed by atoms with E-state index in [1.807, 2.05) is 0 Å². The summed E-state index contributed by atoms with van der Waals surface area (Å²) in [5.41, 5.74) is 5.43. The number of anilines is 1. The van der Waals surface area contributed by atoms with Crippen LogP contribution in [0.5, 0.6) is 0 Å². The van der Waals surface area contributed by atoms with Crippen LogP contribution >= 0.6 is 0 Å². The number of nitrogens with one attached hydrogen (secondary N) is 1. The van der Waals surface area contributed by atoms with Gasteiger partial charge in [-0.3, -0.25) is 9.79 Å². The van der Waals surface area contributed by atoms with Gasteiger partial charge in [0, 0.05) is 30.8 Å². The third-order valence-electron chi connectivity index (χ3n) is 5.33. The first-order chi connectivity index (χ1) is 12.4. The zero-order valence-electron chi connectivity index (χ0n) is 15.9. The molecule has 0 spiro atoms. The second kappa shape index (κ2) is 6.27. The molecule has 1 amide bonds. The lowest BCUT2D eigenvalue weighted by molar-refractivity contribution is -0.117. The van der Waals surface area contributed by atoms with Crippen LogP contribution in [0.15, 0.2) is 23.2 Å². The highest BCUT2D eigenvalue weighted by Crippen LogP contribution is 2.37. The Kier molecular flexibility index (Phi) is 4.59. The molecule has 1 aromatic rings. The molecule has 1 heterocycles. The molecule has 9 heteroatoms. The molecule has 1 aromatic carbocycles. The average Bonchev–Trinajstić information content (AvgIpc) is 3.40. The van der Waals surface area contributed by atoms with Crippen molar-refractivity contribution in [1.82, 2.24) is 4.31 Å². The van der Waals surface area contributed by atoms with E-state index in [1.165, 1.54) is 39.1 Å². The lowest BCUT2D eigenvalue weighted by Crippen LogP contribution is -2.50. The molecular weight excluding hydrogens is 371 g/mol. The summed E-state index contributed by atoms with van der Waals surface area (Å²) >= 11 is 0. The van der Waals surface area contributed by atoms with Gasteiger partial charge in [0.15, 0.2) is 0 Å². The zero-order valence-corrected chi connectivity index (χ0v) is 16.7. The largest absolute Gasteiger partial charge is 0.386 e. The molecule has 1 saturated carbocycles. The smallest absolute Gasteiger partial charge is 0.227 e. The van der Waals surface area contributed by atoms with Crippen LogP contribution in [0.2, 0.25) is 0 Å². The molecule has 27 heavy (non-hydrogen) atoms. The Labute approximate surface area is 158 Å². The number of sulfonamides is 1. The van der Waals surface area contributed by atoms with E-state index in [0.29, 0.717) is 5.69 Å². The molecule has 0 saturated heterocycles. The summed E-state index contributed by atoms with van der Waals surface area (Å²) in [6.07, 6.45) is 1.71. The molecule has 1 aliphatic carbocycles. The molecule has 1 aliphatic heterocycles. The van der Waals surface area contributed by atoms with Gasteiger partial charge >= 0.3 is 0 Å². The van der Waals surface area contributed by atoms with Crippen LogP contribution in [0, 0.1) is 11.7 Å². The van der Waals surface area contributed by atoms with Crippen molar-refractivity contribution in [2.45, 2.75) is 43.9 Å². The number of rotatable bonds is 3. The third-order valence-corrected chi connectivity index (χ3v) is 7.78. The summed E-state index contributed by atoms with van der Waals surface area (Å²) in [4.78, 5) is 16.4. The van der Waals surface area contributed by atoms with Gasteiger partial charge in [0.2, 0.25) is 15.9 Å². The lowest BCUT2D eigenvalue weighted by Gasteiger charge is -2.29. The van der Waals surface area contributed by atoms with Crippen LogP contribution in [-0.2, 0) is 20.4 Å². The molecule has 3 N–H and O–H groups in total. The summed E-state index contributed by atoms with van der Waals surface area (Å²) in [5, 5.41) is 2.78. The molecule has 1 fully saturated rings. The quantitative estimate of drug-likeness (QED) is 0.813. The fourth-order valence-corrected chi connectivity index (χ4v) is 4.74. The second-order valence-corrected chi connectivity index (χ2v) is 10.6. The van der Waals surface area contributed by atoms with E-state index in [1.54, 1.807) is 6.92 Å². The highest BCUT2D eigenvalue weighted by atomic mass is 32.2. The molecule has 1 unspecified atom stereocenters. The van der Waals surface area contributed by atoms with Crippen molar-refractivity contribution < 1.29 is 17.6 Å². The number of nitrogens with two attached hydrogens (primary N) is 1. The molecule has 0 aromatic heterocycles. The Hall–Kier alpha value is -2.00. The van der Waals surface area contributed by atoms with E-state index in [0.717, 1.165) is 17.1 Å². The fourth-order valence-electron chi connectivity index (χ4n) is 3.23. The minimum atomic E-state index is -3.76. The number of hydrogen-bond acceptors (Lipinski definition) is 5. The molecule has 148 valence electrons. The van der Waals surface area contributed by atoms with E-state index >= 15 is 0 Å². The standard InChI is InChI=1S/C18H25FN4O3S/c1-17(2)16(20)22-18(3,10-23(4)27(17,25)26)13-9-12(7-8-14(13)19)21-15(24)11-5-6-11/h7-9,11H,5-6,10H2,1-4H3,(H2,20,22)(H,21,24). The maximum atomic E-state index is 14.7. The van der Waals surface area contributed by atoms with Crippen LogP contribution in [0.4, 0.5) is 10.1 Å². The van der Waals surface area contributed by atoms with Gasteiger partial charge in [0.25, 0.3) is 0 Å². The number of amidine groups is 1. The predicted octanol–water partition coefficient (Wildman–Crippen LogP) is 1.80. The Balaban J connectivity index is 2.06. The number of amides is 1. The summed E-state index contributed by atoms with van der Waals surface area (Å²) < 4.78 is 40.0. The van der Waals surface area contributed by atoms with Crippen LogP contribution in [0.25, 0.3) is 0 Å². The average molecular weight is 396 g/mol. The van der Waals surface area contributed by atoms with Crippen molar-refractivity contribution >= 4 is 27.5 Å². The maximum Gasteiger partial charge on any atom is 0.227 e. The van der Waals surface area contributed by atoms with Crippen molar-refractivity contribution in [3.63, 3.8) is 0 Å². The zero-order chi connectivity index (χ0) is 20.2. The number of aliphatic imine (C=N–C) groups is 1. The number of benzene rings is 1. The van der Waals surface area contributed by atoms with Crippen molar-refractivity contribution in [2.75, 3.05) is 18.9 Å². The highest BCUT2D eigenvalue weighted by molar-refractivity contribution is 7.91. The number of nitrogens with zero attached hydrogens (tertiary/aromatic N) is 2. The van der Waals surface area contributed by atoms with Crippen molar-refractivity contribution in [3.8, 4) is 0 Å². The predicted molar refractivity (Wildman–Crippen MR) is 102 cm³/mol. The van der Waals surface area contributed by atoms with Crippen LogP contribution < -0.4 is 11.1 Å². The summed E-state index contributed by atoms with van der Waals surface area (Å²) in [6, 6.07) is 4.24. The van der Waals surface area contributed by atoms with Gasteiger partial charge < -0.3 is 11.1 Å². The Morgan fingerprint density at radius 3 is 2.56 bits per heavy atom. The van der Waals surface area contributed by atoms with E-state index in [-0.39, 0.29) is 29.8 Å². The van der Waals surface area contributed by atoms with Crippen molar-refractivity contribution in [1.29, 1.82) is 0 Å². The molecule has 3 rings (SSSR count). The number of carbonyl (C=O) groups excluding carboxylic acids is 1. The minimum Gasteiger partial charge on any atom is -0.386 e. The number of likely N-dealkylation sites (N-methyl/N-ethyl adjacent to an activating group) is 1. The SMILES string of the molecule is CN1CC(C)(c2cc(NC(=O)C3CC3)ccc2F)N=C(N)C(C)(C)S1(=O)=O. The van der Waals surface area contributed by atoms with Gasteiger partial charge in [-0.25, -0.2) is 17.1 Å². The van der Waals surface area contributed by atoms with Crippen molar-refractivity contribution in [3.05, 3.63) is 29.6 Å². The highest BCUT2D eigenvalue weighted by Gasteiger charge is 2.48. The monoisotopic (exact) mass is 396 g/mol. The topological polar surface area (TPSA) is 105 Å². The molecule has 0 bridgehead atoms. The Morgan fingerprint density at radius 1 is 1.33 bits per heavy atom. The van der Waals surface area contributed by atoms with Crippen LogP contribution in [0.1, 0.15) is 39.2 Å². The third kappa shape index (κ3) is 3.34. The van der Waals surface area contributed by atoms with Crippen molar-refractivity contribution in [2.24, 2.45) is 16.6 Å². The first-order valence-electron chi connectivity index (χ1n) is 8.81.